The van der Waals surface area contributed by atoms with Gasteiger partial charge >= 0.3 is 6.03 Å². The molecule has 2 rings (SSSR count). The first-order chi connectivity index (χ1) is 11.1. The van der Waals surface area contributed by atoms with Crippen LogP contribution in [0.5, 0.6) is 5.75 Å². The summed E-state index contributed by atoms with van der Waals surface area (Å²) >= 11 is 0. The number of methoxy groups -OCH3 is 1. The molecule has 23 heavy (non-hydrogen) atoms. The largest absolute Gasteiger partial charge is 0.497 e. The predicted molar refractivity (Wildman–Crippen MR) is 89.8 cm³/mol. The molecule has 2 aromatic carbocycles. The lowest BCUT2D eigenvalue weighted by Crippen LogP contribution is -2.35. The van der Waals surface area contributed by atoms with E-state index in [0.717, 1.165) is 5.56 Å². The highest BCUT2D eigenvalue weighted by Gasteiger charge is 2.07. The maximum atomic E-state index is 11.8. The molecule has 0 unspecified atom stereocenters. The van der Waals surface area contributed by atoms with Crippen molar-refractivity contribution in [3.05, 3.63) is 54.1 Å². The van der Waals surface area contributed by atoms with Gasteiger partial charge in [-0.1, -0.05) is 18.2 Å². The molecule has 0 atom stereocenters. The number of rotatable bonds is 5. The molecule has 0 aliphatic rings. The van der Waals surface area contributed by atoms with Crippen LogP contribution in [0, 0.1) is 6.92 Å². The molecule has 0 fully saturated rings. The van der Waals surface area contributed by atoms with Gasteiger partial charge in [0.1, 0.15) is 5.75 Å². The molecular weight excluding hydrogens is 294 g/mol. The van der Waals surface area contributed by atoms with E-state index < -0.39 is 6.03 Å². The Labute approximate surface area is 134 Å². The molecular formula is C17H19N3O3. The highest BCUT2D eigenvalue weighted by atomic mass is 16.5. The van der Waals surface area contributed by atoms with Crippen LogP contribution in [0.3, 0.4) is 0 Å². The van der Waals surface area contributed by atoms with Crippen LogP contribution in [0.1, 0.15) is 5.56 Å². The monoisotopic (exact) mass is 313 g/mol. The minimum Gasteiger partial charge on any atom is -0.497 e. The van der Waals surface area contributed by atoms with Crippen LogP contribution in [0.15, 0.2) is 48.5 Å². The third kappa shape index (κ3) is 5.03. The number of carbonyl (C=O) groups is 2. The lowest BCUT2D eigenvalue weighted by Gasteiger charge is -2.10. The smallest absolute Gasteiger partial charge is 0.319 e. The Morgan fingerprint density at radius 3 is 2.35 bits per heavy atom. The number of urea groups is 1. The molecule has 2 aromatic rings. The first-order valence-electron chi connectivity index (χ1n) is 7.13. The number of hydrogen-bond acceptors (Lipinski definition) is 3. The van der Waals surface area contributed by atoms with Gasteiger partial charge in [-0.15, -0.1) is 0 Å². The number of aryl methyl sites for hydroxylation is 1. The van der Waals surface area contributed by atoms with Crippen molar-refractivity contribution in [3.8, 4) is 5.75 Å². The topological polar surface area (TPSA) is 79.5 Å². The zero-order valence-corrected chi connectivity index (χ0v) is 13.1. The van der Waals surface area contributed by atoms with E-state index in [4.69, 9.17) is 4.74 Å². The number of amides is 3. The fraction of sp³-hybridized carbons (Fsp3) is 0.176. The van der Waals surface area contributed by atoms with Crippen molar-refractivity contribution < 1.29 is 14.3 Å². The van der Waals surface area contributed by atoms with Crippen LogP contribution in [-0.2, 0) is 4.79 Å². The Bertz CT molecular complexity index is 684. The summed E-state index contributed by atoms with van der Waals surface area (Å²) < 4.78 is 5.04. The van der Waals surface area contributed by atoms with E-state index in [9.17, 15) is 9.59 Å². The molecule has 3 N–H and O–H groups in total. The van der Waals surface area contributed by atoms with Crippen molar-refractivity contribution in [3.63, 3.8) is 0 Å². The molecule has 0 aromatic heterocycles. The van der Waals surface area contributed by atoms with Crippen molar-refractivity contribution in [2.24, 2.45) is 0 Å². The first-order valence-corrected chi connectivity index (χ1v) is 7.13. The van der Waals surface area contributed by atoms with Gasteiger partial charge in [0, 0.05) is 11.4 Å². The molecule has 0 saturated heterocycles. The molecule has 0 bridgehead atoms. The molecule has 3 amide bonds. The lowest BCUT2D eigenvalue weighted by molar-refractivity contribution is -0.115. The summed E-state index contributed by atoms with van der Waals surface area (Å²) in [6.45, 7) is 1.77. The Balaban J connectivity index is 1.79. The summed E-state index contributed by atoms with van der Waals surface area (Å²) in [6.07, 6.45) is 0. The summed E-state index contributed by atoms with van der Waals surface area (Å²) in [6, 6.07) is 13.9. The average Bonchev–Trinajstić information content (AvgIpc) is 2.56. The molecule has 120 valence electrons. The summed E-state index contributed by atoms with van der Waals surface area (Å²) in [5.74, 6) is 0.397. The molecule has 6 nitrogen and oxygen atoms in total. The lowest BCUT2D eigenvalue weighted by atomic mass is 10.2. The molecule has 0 aliphatic carbocycles. The third-order valence-electron chi connectivity index (χ3n) is 3.18. The van der Waals surface area contributed by atoms with Crippen LogP contribution in [0.2, 0.25) is 0 Å². The number of anilines is 2. The van der Waals surface area contributed by atoms with E-state index in [1.807, 2.05) is 25.1 Å². The second-order valence-corrected chi connectivity index (χ2v) is 4.90. The Kier molecular flexibility index (Phi) is 5.57. The van der Waals surface area contributed by atoms with Crippen molar-refractivity contribution in [2.45, 2.75) is 6.92 Å². The summed E-state index contributed by atoms with van der Waals surface area (Å²) in [4.78, 5) is 23.6. The fourth-order valence-electron chi connectivity index (χ4n) is 1.92. The van der Waals surface area contributed by atoms with E-state index in [0.29, 0.717) is 17.1 Å². The summed E-state index contributed by atoms with van der Waals surface area (Å²) in [5, 5.41) is 7.90. The number of para-hydroxylation sites is 1. The Morgan fingerprint density at radius 1 is 1.00 bits per heavy atom. The van der Waals surface area contributed by atoms with E-state index >= 15 is 0 Å². The molecule has 0 spiro atoms. The zero-order chi connectivity index (χ0) is 16.7. The van der Waals surface area contributed by atoms with Gasteiger partial charge in [-0.05, 0) is 42.8 Å². The molecule has 0 saturated carbocycles. The number of carbonyl (C=O) groups excluding carboxylic acids is 2. The zero-order valence-electron chi connectivity index (χ0n) is 13.1. The molecule has 0 heterocycles. The van der Waals surface area contributed by atoms with Crippen LogP contribution in [0.4, 0.5) is 16.2 Å². The van der Waals surface area contributed by atoms with Crippen molar-refractivity contribution >= 4 is 23.3 Å². The van der Waals surface area contributed by atoms with Crippen molar-refractivity contribution in [2.75, 3.05) is 24.3 Å². The van der Waals surface area contributed by atoms with Crippen molar-refractivity contribution in [1.82, 2.24) is 5.32 Å². The van der Waals surface area contributed by atoms with E-state index in [2.05, 4.69) is 16.0 Å². The Morgan fingerprint density at radius 2 is 1.70 bits per heavy atom. The number of nitrogens with one attached hydrogen (secondary N) is 3. The summed E-state index contributed by atoms with van der Waals surface area (Å²) in [7, 11) is 1.57. The maximum absolute atomic E-state index is 11.8. The van der Waals surface area contributed by atoms with Crippen LogP contribution in [0.25, 0.3) is 0 Å². The van der Waals surface area contributed by atoms with Crippen molar-refractivity contribution in [1.29, 1.82) is 0 Å². The van der Waals surface area contributed by atoms with Gasteiger partial charge in [0.15, 0.2) is 0 Å². The summed E-state index contributed by atoms with van der Waals surface area (Å²) in [5.41, 5.74) is 2.29. The Hall–Kier alpha value is -3.02. The fourth-order valence-corrected chi connectivity index (χ4v) is 1.92. The number of benzene rings is 2. The highest BCUT2D eigenvalue weighted by Crippen LogP contribution is 2.15. The van der Waals surface area contributed by atoms with Crippen LogP contribution >= 0.6 is 0 Å². The maximum Gasteiger partial charge on any atom is 0.319 e. The van der Waals surface area contributed by atoms with Gasteiger partial charge in [-0.2, -0.15) is 0 Å². The SMILES string of the molecule is COc1ccc(NC(=O)CNC(=O)Nc2ccccc2C)cc1. The van der Waals surface area contributed by atoms with Crippen LogP contribution in [-0.4, -0.2) is 25.6 Å². The predicted octanol–water partition coefficient (Wildman–Crippen LogP) is 2.76. The number of ether oxygens (including phenoxy) is 1. The first kappa shape index (κ1) is 16.4. The second-order valence-electron chi connectivity index (χ2n) is 4.90. The standard InChI is InChI=1S/C17H19N3O3/c1-12-5-3-4-6-15(12)20-17(22)18-11-16(21)19-13-7-9-14(23-2)10-8-13/h3-10H,11H2,1-2H3,(H,19,21)(H2,18,20,22). The minimum atomic E-state index is -0.427. The quantitative estimate of drug-likeness (QED) is 0.794. The van der Waals surface area contributed by atoms with Gasteiger partial charge in [0.05, 0.1) is 13.7 Å². The van der Waals surface area contributed by atoms with E-state index in [1.54, 1.807) is 37.4 Å². The normalized spacial score (nSPS) is 9.83. The molecule has 6 heteroatoms. The highest BCUT2D eigenvalue weighted by molar-refractivity contribution is 5.97. The number of hydrogen-bond donors (Lipinski definition) is 3. The van der Waals surface area contributed by atoms with Gasteiger partial charge in [-0.25, -0.2) is 4.79 Å². The average molecular weight is 313 g/mol. The third-order valence-corrected chi connectivity index (χ3v) is 3.18. The van der Waals surface area contributed by atoms with Gasteiger partial charge in [0.25, 0.3) is 0 Å². The second kappa shape index (κ2) is 7.84. The molecule has 0 aliphatic heterocycles. The van der Waals surface area contributed by atoms with E-state index in [-0.39, 0.29) is 12.5 Å². The van der Waals surface area contributed by atoms with Gasteiger partial charge in [0.2, 0.25) is 5.91 Å². The van der Waals surface area contributed by atoms with Gasteiger partial charge in [-0.3, -0.25) is 4.79 Å². The minimum absolute atomic E-state index is 0.121. The van der Waals surface area contributed by atoms with Crippen LogP contribution < -0.4 is 20.7 Å². The van der Waals surface area contributed by atoms with Gasteiger partial charge < -0.3 is 20.7 Å². The van der Waals surface area contributed by atoms with E-state index in [1.165, 1.54) is 0 Å². The molecule has 0 radical (unpaired) electrons.